The highest BCUT2D eigenvalue weighted by molar-refractivity contribution is 5.87. The Labute approximate surface area is 152 Å². The maximum Gasteiger partial charge on any atom is 0.212 e. The van der Waals surface area contributed by atoms with E-state index >= 15 is 0 Å². The quantitative estimate of drug-likeness (QED) is 0.702. The molecule has 1 aliphatic rings. The maximum atomic E-state index is 5.12. The summed E-state index contributed by atoms with van der Waals surface area (Å²) >= 11 is 0. The maximum absolute atomic E-state index is 5.12. The normalized spacial score (nSPS) is 15.6. The highest BCUT2D eigenvalue weighted by atomic mass is 16.5. The number of nitrogens with zero attached hydrogens (tertiary/aromatic N) is 7. The molecule has 0 bridgehead atoms. The van der Waals surface area contributed by atoms with Gasteiger partial charge in [0.2, 0.25) is 5.88 Å². The average Bonchev–Trinajstić information content (AvgIpc) is 3.03. The van der Waals surface area contributed by atoms with Gasteiger partial charge in [-0.1, -0.05) is 6.07 Å². The van der Waals surface area contributed by atoms with Crippen LogP contribution >= 0.6 is 0 Å². The Morgan fingerprint density at radius 1 is 1.08 bits per heavy atom. The summed E-state index contributed by atoms with van der Waals surface area (Å²) in [7, 11) is 3.55. The van der Waals surface area contributed by atoms with E-state index in [0.29, 0.717) is 5.88 Å². The minimum Gasteiger partial charge on any atom is -0.481 e. The van der Waals surface area contributed by atoms with E-state index in [1.165, 1.54) is 5.56 Å². The van der Waals surface area contributed by atoms with E-state index in [1.54, 1.807) is 11.8 Å². The van der Waals surface area contributed by atoms with Crippen molar-refractivity contribution in [3.8, 4) is 5.88 Å². The lowest BCUT2D eigenvalue weighted by molar-refractivity contribution is 0.249. The predicted molar refractivity (Wildman–Crippen MR) is 99.3 cm³/mol. The van der Waals surface area contributed by atoms with Crippen LogP contribution in [-0.4, -0.2) is 62.9 Å². The molecule has 0 aromatic carbocycles. The number of anilines is 1. The molecule has 1 aliphatic heterocycles. The van der Waals surface area contributed by atoms with E-state index < -0.39 is 0 Å². The van der Waals surface area contributed by atoms with Crippen LogP contribution in [0, 0.1) is 6.92 Å². The topological polar surface area (TPSA) is 72.2 Å². The Hall–Kier alpha value is -2.74. The average molecular weight is 353 g/mol. The second-order valence-corrected chi connectivity index (χ2v) is 6.57. The molecule has 0 unspecified atom stereocenters. The smallest absolute Gasteiger partial charge is 0.212 e. The Morgan fingerprint density at radius 2 is 1.88 bits per heavy atom. The number of piperazine rings is 1. The third-order valence-corrected chi connectivity index (χ3v) is 4.77. The SMILES string of the molecule is COc1ccc(CN2CCN(c3nc(C)nc4c3cnn4C)CC2)cn1. The summed E-state index contributed by atoms with van der Waals surface area (Å²) in [5.74, 6) is 2.42. The molecular weight excluding hydrogens is 330 g/mol. The predicted octanol–water partition coefficient (Wildman–Crippen LogP) is 1.40. The van der Waals surface area contributed by atoms with Crippen LogP contribution in [0.25, 0.3) is 11.0 Å². The van der Waals surface area contributed by atoms with E-state index in [4.69, 9.17) is 4.74 Å². The minimum absolute atomic E-state index is 0.651. The number of fused-ring (bicyclic) bond motifs is 1. The number of hydrogen-bond donors (Lipinski definition) is 0. The van der Waals surface area contributed by atoms with Gasteiger partial charge in [-0.05, 0) is 12.5 Å². The van der Waals surface area contributed by atoms with Crippen molar-refractivity contribution in [3.05, 3.63) is 35.9 Å². The van der Waals surface area contributed by atoms with Crippen molar-refractivity contribution >= 4 is 16.9 Å². The first-order valence-corrected chi connectivity index (χ1v) is 8.76. The molecule has 4 rings (SSSR count). The van der Waals surface area contributed by atoms with E-state index in [9.17, 15) is 0 Å². The minimum atomic E-state index is 0.651. The summed E-state index contributed by atoms with van der Waals surface area (Å²) in [5, 5.41) is 5.36. The molecule has 3 aromatic heterocycles. The second-order valence-electron chi connectivity index (χ2n) is 6.57. The van der Waals surface area contributed by atoms with Crippen LogP contribution in [0.2, 0.25) is 0 Å². The zero-order chi connectivity index (χ0) is 18.1. The molecule has 0 radical (unpaired) electrons. The van der Waals surface area contributed by atoms with Gasteiger partial charge in [-0.15, -0.1) is 0 Å². The number of methoxy groups -OCH3 is 1. The van der Waals surface area contributed by atoms with Crippen molar-refractivity contribution < 1.29 is 4.74 Å². The fourth-order valence-electron chi connectivity index (χ4n) is 3.36. The van der Waals surface area contributed by atoms with Gasteiger partial charge >= 0.3 is 0 Å². The molecule has 3 aromatic rings. The molecule has 136 valence electrons. The van der Waals surface area contributed by atoms with Crippen LogP contribution in [0.3, 0.4) is 0 Å². The zero-order valence-electron chi connectivity index (χ0n) is 15.4. The largest absolute Gasteiger partial charge is 0.481 e. The Bertz CT molecular complexity index is 898. The molecule has 4 heterocycles. The van der Waals surface area contributed by atoms with Gasteiger partial charge in [0, 0.05) is 52.0 Å². The van der Waals surface area contributed by atoms with Gasteiger partial charge in [0.25, 0.3) is 0 Å². The summed E-state index contributed by atoms with van der Waals surface area (Å²) in [6.45, 7) is 6.67. The highest BCUT2D eigenvalue weighted by Crippen LogP contribution is 2.24. The van der Waals surface area contributed by atoms with Gasteiger partial charge in [0.1, 0.15) is 11.6 Å². The van der Waals surface area contributed by atoms with Crippen LogP contribution < -0.4 is 9.64 Å². The van der Waals surface area contributed by atoms with E-state index in [2.05, 4.69) is 35.9 Å². The molecule has 0 spiro atoms. The summed E-state index contributed by atoms with van der Waals surface area (Å²) < 4.78 is 6.92. The number of ether oxygens (including phenoxy) is 1. The van der Waals surface area contributed by atoms with Crippen molar-refractivity contribution in [2.45, 2.75) is 13.5 Å². The van der Waals surface area contributed by atoms with E-state index in [-0.39, 0.29) is 0 Å². The van der Waals surface area contributed by atoms with Crippen molar-refractivity contribution in [1.82, 2.24) is 29.6 Å². The standard InChI is InChI=1S/C18H23N7O/c1-13-21-17-15(11-20-23(17)2)18(22-13)25-8-6-24(7-9-25)12-14-4-5-16(26-3)19-10-14/h4-5,10-11H,6-9,12H2,1-3H3. The Morgan fingerprint density at radius 3 is 2.58 bits per heavy atom. The van der Waals surface area contributed by atoms with Crippen LogP contribution in [0.15, 0.2) is 24.5 Å². The Balaban J connectivity index is 1.45. The molecule has 1 fully saturated rings. The third kappa shape index (κ3) is 3.20. The summed E-state index contributed by atoms with van der Waals surface area (Å²) in [6.07, 6.45) is 3.75. The van der Waals surface area contributed by atoms with E-state index in [1.807, 2.05) is 32.4 Å². The molecule has 0 atom stereocenters. The molecule has 8 nitrogen and oxygen atoms in total. The molecule has 1 saturated heterocycles. The van der Waals surface area contributed by atoms with Crippen LogP contribution in [-0.2, 0) is 13.6 Å². The second kappa shape index (κ2) is 6.87. The third-order valence-electron chi connectivity index (χ3n) is 4.77. The van der Waals surface area contributed by atoms with Crippen molar-refractivity contribution in [2.24, 2.45) is 7.05 Å². The van der Waals surface area contributed by atoms with Gasteiger partial charge in [-0.3, -0.25) is 9.58 Å². The molecule has 0 amide bonds. The molecule has 8 heteroatoms. The number of rotatable bonds is 4. The number of pyridine rings is 1. The van der Waals surface area contributed by atoms with Crippen molar-refractivity contribution in [1.29, 1.82) is 0 Å². The first-order chi connectivity index (χ1) is 12.6. The van der Waals surface area contributed by atoms with Crippen LogP contribution in [0.5, 0.6) is 5.88 Å². The lowest BCUT2D eigenvalue weighted by atomic mass is 10.2. The van der Waals surface area contributed by atoms with Gasteiger partial charge in [-0.2, -0.15) is 5.10 Å². The fourth-order valence-corrected chi connectivity index (χ4v) is 3.36. The van der Waals surface area contributed by atoms with Gasteiger partial charge in [0.05, 0.1) is 18.7 Å². The zero-order valence-corrected chi connectivity index (χ0v) is 15.4. The lowest BCUT2D eigenvalue weighted by Gasteiger charge is -2.35. The van der Waals surface area contributed by atoms with Crippen LogP contribution in [0.1, 0.15) is 11.4 Å². The summed E-state index contributed by atoms with van der Waals surface area (Å²) in [5.41, 5.74) is 2.09. The van der Waals surface area contributed by atoms with Gasteiger partial charge < -0.3 is 9.64 Å². The Kier molecular flexibility index (Phi) is 4.42. The number of aryl methyl sites for hydroxylation is 2. The molecule has 26 heavy (non-hydrogen) atoms. The first kappa shape index (κ1) is 16.7. The van der Waals surface area contributed by atoms with E-state index in [0.717, 1.165) is 55.4 Å². The van der Waals surface area contributed by atoms with Gasteiger partial charge in [-0.25, -0.2) is 15.0 Å². The molecule has 0 N–H and O–H groups in total. The lowest BCUT2D eigenvalue weighted by Crippen LogP contribution is -2.46. The monoisotopic (exact) mass is 353 g/mol. The molecular formula is C18H23N7O. The first-order valence-electron chi connectivity index (χ1n) is 8.76. The fraction of sp³-hybridized carbons (Fsp3) is 0.444. The number of aromatic nitrogens is 5. The highest BCUT2D eigenvalue weighted by Gasteiger charge is 2.21. The molecule has 0 saturated carbocycles. The van der Waals surface area contributed by atoms with Crippen molar-refractivity contribution in [3.63, 3.8) is 0 Å². The number of hydrogen-bond acceptors (Lipinski definition) is 7. The van der Waals surface area contributed by atoms with Crippen molar-refractivity contribution in [2.75, 3.05) is 38.2 Å². The summed E-state index contributed by atoms with van der Waals surface area (Å²) in [4.78, 5) is 18.3. The van der Waals surface area contributed by atoms with Crippen LogP contribution in [0.4, 0.5) is 5.82 Å². The van der Waals surface area contributed by atoms with Gasteiger partial charge in [0.15, 0.2) is 5.65 Å². The summed E-state index contributed by atoms with van der Waals surface area (Å²) in [6, 6.07) is 3.99. The molecule has 0 aliphatic carbocycles.